The summed E-state index contributed by atoms with van der Waals surface area (Å²) in [7, 11) is -1.52. The predicted molar refractivity (Wildman–Crippen MR) is 124 cm³/mol. The molecule has 3 rings (SSSR count). The fourth-order valence-electron chi connectivity index (χ4n) is 3.60. The van der Waals surface area contributed by atoms with Crippen molar-refractivity contribution in [2.24, 2.45) is 0 Å². The molecule has 2 aromatic rings. The van der Waals surface area contributed by atoms with Crippen LogP contribution in [0.4, 0.5) is 0 Å². The maximum atomic E-state index is 12.7. The van der Waals surface area contributed by atoms with Gasteiger partial charge in [0.05, 0.1) is 25.0 Å². The zero-order valence-corrected chi connectivity index (χ0v) is 19.3. The van der Waals surface area contributed by atoms with Crippen molar-refractivity contribution in [3.63, 3.8) is 0 Å². The molecule has 0 spiro atoms. The molecule has 1 saturated heterocycles. The Morgan fingerprint density at radius 3 is 2.47 bits per heavy atom. The minimum Gasteiger partial charge on any atom is -0.508 e. The van der Waals surface area contributed by atoms with E-state index in [1.165, 1.54) is 6.07 Å². The number of rotatable bonds is 10. The molecule has 2 amide bonds. The Kier molecular flexibility index (Phi) is 8.38. The summed E-state index contributed by atoms with van der Waals surface area (Å²) in [5.74, 6) is -5.32. The number of amides is 2. The van der Waals surface area contributed by atoms with Crippen LogP contribution in [0.3, 0.4) is 0 Å². The van der Waals surface area contributed by atoms with Crippen LogP contribution in [0.1, 0.15) is 36.7 Å². The van der Waals surface area contributed by atoms with E-state index in [1.54, 1.807) is 19.1 Å². The predicted octanol–water partition coefficient (Wildman–Crippen LogP) is 0.662. The van der Waals surface area contributed by atoms with Crippen molar-refractivity contribution in [3.8, 4) is 11.3 Å². The molecule has 1 fully saturated rings. The van der Waals surface area contributed by atoms with Crippen molar-refractivity contribution < 1.29 is 43.5 Å². The highest BCUT2D eigenvalue weighted by molar-refractivity contribution is 6.48. The first kappa shape index (κ1) is 26.4. The number of aromatic nitrogens is 1. The normalized spacial score (nSPS) is 18.0. The van der Waals surface area contributed by atoms with Crippen LogP contribution in [-0.2, 0) is 28.5 Å². The lowest BCUT2D eigenvalue weighted by Crippen LogP contribution is -2.58. The highest BCUT2D eigenvalue weighted by Gasteiger charge is 2.52. The first-order valence-corrected chi connectivity index (χ1v) is 11.1. The van der Waals surface area contributed by atoms with Gasteiger partial charge in [0.25, 0.3) is 11.9 Å². The Bertz CT molecular complexity index is 1160. The van der Waals surface area contributed by atoms with Gasteiger partial charge in [0.2, 0.25) is 5.91 Å². The van der Waals surface area contributed by atoms with Crippen molar-refractivity contribution >= 4 is 36.8 Å². The summed E-state index contributed by atoms with van der Waals surface area (Å²) in [5.41, 5.74) is -0.809. The molecular formula is C23H24BN3O9. The number of hydrogen-bond donors (Lipinski definition) is 4. The average molecular weight is 497 g/mol. The van der Waals surface area contributed by atoms with E-state index in [0.29, 0.717) is 5.69 Å². The van der Waals surface area contributed by atoms with Gasteiger partial charge in [-0.05, 0) is 18.6 Å². The Morgan fingerprint density at radius 2 is 1.83 bits per heavy atom. The Labute approximate surface area is 206 Å². The molecule has 13 heteroatoms. The summed E-state index contributed by atoms with van der Waals surface area (Å²) >= 11 is 0. The van der Waals surface area contributed by atoms with Crippen LogP contribution in [0.2, 0.25) is 0 Å². The Morgan fingerprint density at radius 1 is 1.11 bits per heavy atom. The number of hydrogen-bond acceptors (Lipinski definition) is 8. The van der Waals surface area contributed by atoms with E-state index in [0.717, 1.165) is 5.56 Å². The number of carbonyl (C=O) groups excluding carboxylic acids is 3. The lowest BCUT2D eigenvalue weighted by molar-refractivity contribution is -0.174. The molecule has 188 valence electrons. The van der Waals surface area contributed by atoms with E-state index in [4.69, 9.17) is 14.4 Å². The summed E-state index contributed by atoms with van der Waals surface area (Å²) in [6.45, 7) is 1.66. The molecule has 2 atom stereocenters. The first-order chi connectivity index (χ1) is 17.1. The van der Waals surface area contributed by atoms with E-state index in [-0.39, 0.29) is 12.1 Å². The van der Waals surface area contributed by atoms with Gasteiger partial charge in [-0.1, -0.05) is 43.3 Å². The quantitative estimate of drug-likeness (QED) is 0.341. The molecule has 0 radical (unpaired) electrons. The second kappa shape index (κ2) is 11.4. The molecule has 1 aliphatic rings. The molecule has 2 heterocycles. The number of carboxylic acid groups (broad SMARTS) is 2. The van der Waals surface area contributed by atoms with Gasteiger partial charge in [0.1, 0.15) is 11.7 Å². The van der Waals surface area contributed by atoms with Crippen molar-refractivity contribution in [2.75, 3.05) is 6.44 Å². The lowest BCUT2D eigenvalue weighted by atomic mass is 9.82. The molecule has 2 unspecified atom stereocenters. The second-order valence-corrected chi connectivity index (χ2v) is 8.04. The summed E-state index contributed by atoms with van der Waals surface area (Å²) in [4.78, 5) is 64.4. The van der Waals surface area contributed by atoms with E-state index in [9.17, 15) is 29.1 Å². The third kappa shape index (κ3) is 6.45. The third-order valence-electron chi connectivity index (χ3n) is 5.40. The van der Waals surface area contributed by atoms with Crippen molar-refractivity contribution in [3.05, 3.63) is 54.2 Å². The van der Waals surface area contributed by atoms with Crippen LogP contribution in [0.15, 0.2) is 48.5 Å². The van der Waals surface area contributed by atoms with Gasteiger partial charge >= 0.3 is 19.1 Å². The molecule has 12 nitrogen and oxygen atoms in total. The fourth-order valence-corrected chi connectivity index (χ4v) is 3.60. The molecule has 1 aromatic carbocycles. The number of benzene rings is 1. The van der Waals surface area contributed by atoms with Gasteiger partial charge in [-0.3, -0.25) is 19.2 Å². The first-order valence-electron chi connectivity index (χ1n) is 11.1. The van der Waals surface area contributed by atoms with E-state index < -0.39 is 67.8 Å². The van der Waals surface area contributed by atoms with Gasteiger partial charge < -0.3 is 30.2 Å². The summed E-state index contributed by atoms with van der Waals surface area (Å²) in [6.07, 6.45) is -2.00. The fraction of sp³-hybridized carbons (Fsp3) is 0.304. The number of aliphatic carboxylic acids is 2. The largest absolute Gasteiger partial charge is 0.548 e. The smallest absolute Gasteiger partial charge is 0.508 e. The second-order valence-electron chi connectivity index (χ2n) is 8.04. The third-order valence-corrected chi connectivity index (χ3v) is 5.40. The van der Waals surface area contributed by atoms with E-state index in [2.05, 4.69) is 15.6 Å². The van der Waals surface area contributed by atoms with Crippen molar-refractivity contribution in [1.82, 2.24) is 15.6 Å². The molecule has 0 saturated carbocycles. The lowest BCUT2D eigenvalue weighted by Gasteiger charge is -2.34. The van der Waals surface area contributed by atoms with Crippen LogP contribution in [0, 0.1) is 0 Å². The monoisotopic (exact) mass is 497 g/mol. The summed E-state index contributed by atoms with van der Waals surface area (Å²) in [6, 6.07) is 13.2. The molecule has 0 bridgehead atoms. The van der Waals surface area contributed by atoms with Crippen molar-refractivity contribution in [1.29, 1.82) is 0 Å². The number of carboxylic acids is 2. The molecule has 1 aromatic heterocycles. The maximum Gasteiger partial charge on any atom is 0.548 e. The van der Waals surface area contributed by atoms with Crippen LogP contribution < -0.4 is 10.6 Å². The molecular weight excluding hydrogens is 473 g/mol. The highest BCUT2D eigenvalue weighted by atomic mass is 16.6. The standard InChI is InChI=1S/C23H24BN3O9/c1-2-15(27-21(32)17-10-6-9-16(26-17)14-7-4-3-5-8-14)20(31)25-13-24-35-19(30)12-23(36-24,22(33)34)11-18(28)29/h3-10,15H,2,11-13H2,1H3,(H,25,31)(H,27,32)(H,28,29)(H,33,34). The van der Waals surface area contributed by atoms with Gasteiger partial charge in [-0.15, -0.1) is 0 Å². The molecule has 0 aliphatic carbocycles. The van der Waals surface area contributed by atoms with Crippen molar-refractivity contribution in [2.45, 2.75) is 37.8 Å². The van der Waals surface area contributed by atoms with Gasteiger partial charge in [0, 0.05) is 5.56 Å². The minimum atomic E-state index is -2.32. The topological polar surface area (TPSA) is 181 Å². The summed E-state index contributed by atoms with van der Waals surface area (Å²) < 4.78 is 10.2. The average Bonchev–Trinajstić information content (AvgIpc) is 2.85. The van der Waals surface area contributed by atoms with Gasteiger partial charge in [-0.2, -0.15) is 0 Å². The summed E-state index contributed by atoms with van der Waals surface area (Å²) in [5, 5.41) is 23.5. The number of pyridine rings is 1. The molecule has 4 N–H and O–H groups in total. The van der Waals surface area contributed by atoms with E-state index in [1.807, 2.05) is 30.3 Å². The Balaban J connectivity index is 1.63. The zero-order valence-electron chi connectivity index (χ0n) is 19.3. The Hall–Kier alpha value is -4.26. The van der Waals surface area contributed by atoms with E-state index >= 15 is 0 Å². The van der Waals surface area contributed by atoms with Crippen LogP contribution >= 0.6 is 0 Å². The number of nitrogens with zero attached hydrogens (tertiary/aromatic N) is 1. The van der Waals surface area contributed by atoms with Crippen LogP contribution in [0.25, 0.3) is 11.3 Å². The number of nitrogens with one attached hydrogen (secondary N) is 2. The highest BCUT2D eigenvalue weighted by Crippen LogP contribution is 2.27. The van der Waals surface area contributed by atoms with Gasteiger partial charge in [-0.25, -0.2) is 9.78 Å². The number of carbonyl (C=O) groups is 5. The molecule has 36 heavy (non-hydrogen) atoms. The molecule has 1 aliphatic heterocycles. The van der Waals surface area contributed by atoms with Gasteiger partial charge in [0.15, 0.2) is 5.60 Å². The SMILES string of the molecule is CCC(NC(=O)c1cccc(-c2ccccc2)n1)C(=O)NCB1OC(=O)CC(CC(=O)O)(C(=O)O)O1. The van der Waals surface area contributed by atoms with Crippen LogP contribution in [-0.4, -0.2) is 70.1 Å². The van der Waals surface area contributed by atoms with Crippen LogP contribution in [0.5, 0.6) is 0 Å². The zero-order chi connectivity index (χ0) is 26.3. The minimum absolute atomic E-state index is 0.104. The maximum absolute atomic E-state index is 12.7.